The van der Waals surface area contributed by atoms with E-state index >= 15 is 0 Å². The molecule has 244 valence electrons. The van der Waals surface area contributed by atoms with Gasteiger partial charge in [-0.3, -0.25) is 9.78 Å². The molecule has 0 aliphatic carbocycles. The van der Waals surface area contributed by atoms with Crippen molar-refractivity contribution in [2.75, 3.05) is 23.7 Å². The van der Waals surface area contributed by atoms with Crippen LogP contribution in [0.15, 0.2) is 66.9 Å². The fourth-order valence-electron chi connectivity index (χ4n) is 6.55. The molecule has 47 heavy (non-hydrogen) atoms. The minimum absolute atomic E-state index is 0.102. The lowest BCUT2D eigenvalue weighted by Gasteiger charge is -2.33. The molecule has 5 aromatic rings. The van der Waals surface area contributed by atoms with E-state index in [9.17, 15) is 0 Å². The minimum Gasteiger partial charge on any atom is -0.483 e. The van der Waals surface area contributed by atoms with Gasteiger partial charge in [0.05, 0.1) is 40.2 Å². The lowest BCUT2D eigenvalue weighted by Crippen LogP contribution is -2.23. The summed E-state index contributed by atoms with van der Waals surface area (Å²) < 4.78 is 11.4. The maximum Gasteiger partial charge on any atom is 0.290 e. The van der Waals surface area contributed by atoms with Crippen LogP contribution in [-0.2, 0) is 15.4 Å². The molecule has 1 aliphatic heterocycles. The predicted molar refractivity (Wildman–Crippen MR) is 197 cm³/mol. The van der Waals surface area contributed by atoms with Gasteiger partial charge < -0.3 is 29.4 Å². The van der Waals surface area contributed by atoms with Crippen LogP contribution in [-0.4, -0.2) is 47.0 Å². The monoisotopic (exact) mass is 649 g/mol. The summed E-state index contributed by atoms with van der Waals surface area (Å²) in [5, 5.41) is 19.2. The standard InChI is InChI=1S/C37H41N5OS.CH2O2/c1-22-9-11-25(12-10-22)34-29-19-32(27-15-16-40-31(18-27)26-13-14-30(39-7)28(17-26)20-38)42-21-44-41(8)35(36(29)42)23(2)33(34)24(3)43-37(4,5)6;2-1-3/h9-20,24,38-39H,21H2,1-8H3;1H,(H,2,3). The minimum atomic E-state index is -0.281. The Labute approximate surface area is 281 Å². The van der Waals surface area contributed by atoms with Crippen molar-refractivity contribution < 1.29 is 14.6 Å². The van der Waals surface area contributed by atoms with Gasteiger partial charge in [0.2, 0.25) is 0 Å². The summed E-state index contributed by atoms with van der Waals surface area (Å²) in [6, 6.07) is 21.6. The molecule has 0 amide bonds. The van der Waals surface area contributed by atoms with Crippen LogP contribution in [0.5, 0.6) is 0 Å². The number of carbonyl (C=O) groups is 1. The Morgan fingerprint density at radius 2 is 1.72 bits per heavy atom. The van der Waals surface area contributed by atoms with Gasteiger partial charge in [0.15, 0.2) is 0 Å². The van der Waals surface area contributed by atoms with Crippen LogP contribution in [0.1, 0.15) is 56.1 Å². The number of hydrogen-bond donors (Lipinski definition) is 3. The van der Waals surface area contributed by atoms with E-state index in [-0.39, 0.29) is 18.2 Å². The third-order valence-corrected chi connectivity index (χ3v) is 9.36. The lowest BCUT2D eigenvalue weighted by molar-refractivity contribution is -0.122. The summed E-state index contributed by atoms with van der Waals surface area (Å²) in [6.45, 7) is 12.7. The molecule has 0 saturated carbocycles. The highest BCUT2D eigenvalue weighted by molar-refractivity contribution is 7.99. The number of rotatable bonds is 7. The maximum absolute atomic E-state index is 8.36. The van der Waals surface area contributed by atoms with Crippen molar-refractivity contribution in [1.29, 1.82) is 5.41 Å². The molecule has 0 saturated heterocycles. The molecule has 8 nitrogen and oxygen atoms in total. The van der Waals surface area contributed by atoms with Gasteiger partial charge in [-0.1, -0.05) is 35.9 Å². The van der Waals surface area contributed by atoms with E-state index in [4.69, 9.17) is 25.0 Å². The van der Waals surface area contributed by atoms with E-state index in [0.29, 0.717) is 0 Å². The second-order valence-electron chi connectivity index (χ2n) is 12.7. The van der Waals surface area contributed by atoms with Gasteiger partial charge in [-0.15, -0.1) is 0 Å². The Hall–Kier alpha value is -4.60. The van der Waals surface area contributed by atoms with E-state index in [1.807, 2.05) is 37.3 Å². The number of anilines is 2. The Balaban J connectivity index is 0.00000139. The maximum atomic E-state index is 8.36. The second-order valence-corrected chi connectivity index (χ2v) is 13.8. The van der Waals surface area contributed by atoms with Gasteiger partial charge in [0.25, 0.3) is 6.47 Å². The molecule has 3 aromatic carbocycles. The molecule has 0 radical (unpaired) electrons. The molecule has 9 heteroatoms. The molecule has 6 rings (SSSR count). The molecular formula is C38H43N5O3S. The first kappa shape index (κ1) is 33.8. The average molecular weight is 650 g/mol. The van der Waals surface area contributed by atoms with Gasteiger partial charge >= 0.3 is 0 Å². The van der Waals surface area contributed by atoms with Crippen LogP contribution >= 0.6 is 11.9 Å². The van der Waals surface area contributed by atoms with Gasteiger partial charge in [0, 0.05) is 54.3 Å². The summed E-state index contributed by atoms with van der Waals surface area (Å²) >= 11 is 1.82. The van der Waals surface area contributed by atoms with Crippen molar-refractivity contribution >= 4 is 46.9 Å². The van der Waals surface area contributed by atoms with E-state index in [1.165, 1.54) is 56.3 Å². The van der Waals surface area contributed by atoms with E-state index in [2.05, 4.69) is 111 Å². The molecule has 2 aromatic heterocycles. The predicted octanol–water partition coefficient (Wildman–Crippen LogP) is 9.33. The van der Waals surface area contributed by atoms with Gasteiger partial charge in [-0.25, -0.2) is 0 Å². The van der Waals surface area contributed by atoms with E-state index in [0.717, 1.165) is 33.9 Å². The number of hydrogen-bond acceptors (Lipinski definition) is 7. The van der Waals surface area contributed by atoms with Crippen LogP contribution in [0.25, 0.3) is 44.5 Å². The zero-order valence-electron chi connectivity index (χ0n) is 28.3. The SMILES string of the molecule is CNc1ccc(-c2cc(-c3cc4c(-c5ccc(C)cc5)c(C(C)OC(C)(C)C)c(C)c5c4n3CSN5C)ccn2)cc1C=N.O=CO. The largest absolute Gasteiger partial charge is 0.483 e. The summed E-state index contributed by atoms with van der Waals surface area (Å²) in [6.07, 6.45) is 3.18. The molecule has 1 aliphatic rings. The molecule has 3 heterocycles. The van der Waals surface area contributed by atoms with Crippen LogP contribution < -0.4 is 9.62 Å². The average Bonchev–Trinajstić information content (AvgIpc) is 3.42. The fraction of sp³-hybridized carbons (Fsp3) is 0.289. The number of ether oxygens (including phenoxy) is 1. The second kappa shape index (κ2) is 13.6. The molecule has 1 unspecified atom stereocenters. The van der Waals surface area contributed by atoms with Crippen molar-refractivity contribution in [3.05, 3.63) is 89.1 Å². The highest BCUT2D eigenvalue weighted by atomic mass is 32.2. The number of aromatic nitrogens is 2. The quantitative estimate of drug-likeness (QED) is 0.0917. The fourth-order valence-corrected chi connectivity index (χ4v) is 7.45. The number of nitrogens with zero attached hydrogens (tertiary/aromatic N) is 3. The van der Waals surface area contributed by atoms with Crippen LogP contribution in [0, 0.1) is 19.3 Å². The van der Waals surface area contributed by atoms with E-state index < -0.39 is 0 Å². The van der Waals surface area contributed by atoms with E-state index in [1.54, 1.807) is 0 Å². The number of nitrogens with one attached hydrogen (secondary N) is 2. The molecule has 0 fully saturated rings. The topological polar surface area (TPSA) is 103 Å². The summed E-state index contributed by atoms with van der Waals surface area (Å²) in [4.78, 5) is 13.1. The van der Waals surface area contributed by atoms with Gasteiger partial charge in [0.1, 0.15) is 0 Å². The third-order valence-electron chi connectivity index (χ3n) is 8.42. The zero-order valence-corrected chi connectivity index (χ0v) is 29.1. The zero-order chi connectivity index (χ0) is 34.0. The highest BCUT2D eigenvalue weighted by Crippen LogP contribution is 2.51. The van der Waals surface area contributed by atoms with Crippen LogP contribution in [0.2, 0.25) is 0 Å². The van der Waals surface area contributed by atoms with Crippen molar-refractivity contribution in [2.45, 2.75) is 59.1 Å². The van der Waals surface area contributed by atoms with Crippen LogP contribution in [0.3, 0.4) is 0 Å². The van der Waals surface area contributed by atoms with Crippen LogP contribution in [0.4, 0.5) is 11.4 Å². The Morgan fingerprint density at radius 3 is 2.36 bits per heavy atom. The van der Waals surface area contributed by atoms with Crippen molar-refractivity contribution in [3.63, 3.8) is 0 Å². The van der Waals surface area contributed by atoms with Gasteiger partial charge in [-0.05, 0) is 106 Å². The van der Waals surface area contributed by atoms with Crippen molar-refractivity contribution in [3.8, 4) is 33.6 Å². The number of pyridine rings is 1. The first-order valence-electron chi connectivity index (χ1n) is 15.6. The summed E-state index contributed by atoms with van der Waals surface area (Å²) in [5.74, 6) is 0.814. The molecule has 0 bridgehead atoms. The molecular weight excluding hydrogens is 607 g/mol. The Morgan fingerprint density at radius 1 is 1.04 bits per heavy atom. The van der Waals surface area contributed by atoms with Crippen molar-refractivity contribution in [1.82, 2.24) is 9.55 Å². The highest BCUT2D eigenvalue weighted by Gasteiger charge is 2.31. The molecule has 0 spiro atoms. The molecule has 3 N–H and O–H groups in total. The summed E-state index contributed by atoms with van der Waals surface area (Å²) in [7, 11) is 4.05. The number of aryl methyl sites for hydroxylation is 1. The number of carboxylic acid groups (broad SMARTS) is 1. The first-order valence-corrected chi connectivity index (χ1v) is 16.5. The Kier molecular flexibility index (Phi) is 9.79. The third kappa shape index (κ3) is 6.64. The first-order chi connectivity index (χ1) is 22.4. The lowest BCUT2D eigenvalue weighted by atomic mass is 9.88. The smallest absolute Gasteiger partial charge is 0.290 e. The normalized spacial score (nSPS) is 13.1. The van der Waals surface area contributed by atoms with Crippen molar-refractivity contribution in [2.24, 2.45) is 0 Å². The summed E-state index contributed by atoms with van der Waals surface area (Å²) in [5.41, 5.74) is 14.3. The van der Waals surface area contributed by atoms with Gasteiger partial charge in [-0.2, -0.15) is 0 Å². The molecule has 1 atom stereocenters. The number of benzene rings is 3. The Bertz CT molecular complexity index is 1940.